The van der Waals surface area contributed by atoms with Crippen LogP contribution in [-0.2, 0) is 4.79 Å². The van der Waals surface area contributed by atoms with Crippen LogP contribution in [0, 0.1) is 5.92 Å². The standard InChI is InChI=1S/C23H24Cl2N4O2/c1-15-21(23(30)27-28-12-4-3-5-13-28)26-29(20-11-8-17(24)14-19(20)25)22(15)16-6-9-18(31-2)10-7-16/h3-4,6-11,14-15,22H,5,12-13H2,1-2H3,(H,27,30)/t15-,22+/m1/s1. The van der Waals surface area contributed by atoms with E-state index in [0.717, 1.165) is 24.3 Å². The molecule has 0 saturated heterocycles. The minimum atomic E-state index is -0.202. The zero-order valence-corrected chi connectivity index (χ0v) is 18.9. The fraction of sp³-hybridized carbons (Fsp3) is 0.304. The van der Waals surface area contributed by atoms with Crippen molar-refractivity contribution in [1.82, 2.24) is 10.4 Å². The highest BCUT2D eigenvalue weighted by atomic mass is 35.5. The molecule has 2 aromatic rings. The summed E-state index contributed by atoms with van der Waals surface area (Å²) in [6.45, 7) is 3.47. The Hall–Kier alpha value is -2.54. The first kappa shape index (κ1) is 21.7. The third-order valence-electron chi connectivity index (χ3n) is 5.55. The number of nitrogens with zero attached hydrogens (tertiary/aromatic N) is 3. The number of hydrogen-bond acceptors (Lipinski definition) is 5. The van der Waals surface area contributed by atoms with Crippen LogP contribution in [0.15, 0.2) is 59.7 Å². The molecule has 2 atom stereocenters. The number of hydrogen-bond donors (Lipinski definition) is 1. The van der Waals surface area contributed by atoms with E-state index < -0.39 is 0 Å². The smallest absolute Gasteiger partial charge is 0.282 e. The molecule has 8 heteroatoms. The van der Waals surface area contributed by atoms with Crippen LogP contribution in [-0.4, -0.2) is 36.8 Å². The summed E-state index contributed by atoms with van der Waals surface area (Å²) in [6, 6.07) is 12.9. The van der Waals surface area contributed by atoms with Gasteiger partial charge in [-0.2, -0.15) is 5.10 Å². The van der Waals surface area contributed by atoms with Crippen molar-refractivity contribution in [3.8, 4) is 5.75 Å². The van der Waals surface area contributed by atoms with Gasteiger partial charge >= 0.3 is 0 Å². The Labute approximate surface area is 192 Å². The summed E-state index contributed by atoms with van der Waals surface area (Å²) in [7, 11) is 1.63. The van der Waals surface area contributed by atoms with Gasteiger partial charge in [-0.3, -0.25) is 15.2 Å². The van der Waals surface area contributed by atoms with E-state index in [9.17, 15) is 4.79 Å². The molecule has 1 N–H and O–H groups in total. The van der Waals surface area contributed by atoms with Gasteiger partial charge < -0.3 is 4.74 Å². The highest BCUT2D eigenvalue weighted by Gasteiger charge is 2.40. The van der Waals surface area contributed by atoms with Crippen molar-refractivity contribution < 1.29 is 9.53 Å². The number of amides is 1. The Balaban J connectivity index is 1.68. The predicted molar refractivity (Wildman–Crippen MR) is 125 cm³/mol. The predicted octanol–water partition coefficient (Wildman–Crippen LogP) is 4.85. The number of nitrogens with one attached hydrogen (secondary N) is 1. The van der Waals surface area contributed by atoms with Crippen LogP contribution in [0.4, 0.5) is 5.69 Å². The molecule has 162 valence electrons. The quantitative estimate of drug-likeness (QED) is 0.650. The number of rotatable bonds is 5. The molecule has 4 rings (SSSR count). The lowest BCUT2D eigenvalue weighted by molar-refractivity contribution is -0.119. The van der Waals surface area contributed by atoms with E-state index in [1.165, 1.54) is 0 Å². The molecule has 0 unspecified atom stereocenters. The van der Waals surface area contributed by atoms with Gasteiger partial charge in [-0.25, -0.2) is 5.01 Å². The summed E-state index contributed by atoms with van der Waals surface area (Å²) in [5, 5.41) is 9.47. The number of carbonyl (C=O) groups excluding carboxylic acids is 1. The van der Waals surface area contributed by atoms with E-state index in [2.05, 4.69) is 11.5 Å². The van der Waals surface area contributed by atoms with Crippen LogP contribution in [0.3, 0.4) is 0 Å². The molecule has 2 aliphatic rings. The fourth-order valence-corrected chi connectivity index (χ4v) is 4.42. The maximum Gasteiger partial charge on any atom is 0.282 e. The van der Waals surface area contributed by atoms with Crippen molar-refractivity contribution in [1.29, 1.82) is 0 Å². The zero-order chi connectivity index (χ0) is 22.0. The molecular weight excluding hydrogens is 435 g/mol. The third-order valence-corrected chi connectivity index (χ3v) is 6.09. The SMILES string of the molecule is COc1ccc([C@@H]2[C@H](C)C(C(=O)NN3CC=CCC3)=NN2c2ccc(Cl)cc2Cl)cc1. The molecule has 2 heterocycles. The minimum Gasteiger partial charge on any atom is -0.497 e. The lowest BCUT2D eigenvalue weighted by Crippen LogP contribution is -2.47. The molecule has 1 amide bonds. The van der Waals surface area contributed by atoms with Gasteiger partial charge in [0.05, 0.1) is 23.9 Å². The molecular formula is C23H24Cl2N4O2. The Bertz CT molecular complexity index is 1020. The van der Waals surface area contributed by atoms with Crippen LogP contribution in [0.1, 0.15) is 24.9 Å². The van der Waals surface area contributed by atoms with Crippen molar-refractivity contribution in [2.45, 2.75) is 19.4 Å². The summed E-state index contributed by atoms with van der Waals surface area (Å²) < 4.78 is 5.29. The highest BCUT2D eigenvalue weighted by molar-refractivity contribution is 6.41. The molecule has 0 radical (unpaired) electrons. The third kappa shape index (κ3) is 4.56. The van der Waals surface area contributed by atoms with Crippen LogP contribution in [0.25, 0.3) is 0 Å². The lowest BCUT2D eigenvalue weighted by Gasteiger charge is -2.28. The minimum absolute atomic E-state index is 0.166. The maximum absolute atomic E-state index is 13.1. The number of methoxy groups -OCH3 is 1. The Kier molecular flexibility index (Phi) is 6.51. The van der Waals surface area contributed by atoms with Gasteiger partial charge in [0.1, 0.15) is 11.5 Å². The molecule has 0 spiro atoms. The van der Waals surface area contributed by atoms with Gasteiger partial charge in [0, 0.05) is 24.0 Å². The largest absolute Gasteiger partial charge is 0.497 e. The number of ether oxygens (including phenoxy) is 1. The number of benzene rings is 2. The topological polar surface area (TPSA) is 57.2 Å². The fourth-order valence-electron chi connectivity index (χ4n) is 3.93. The van der Waals surface area contributed by atoms with Crippen LogP contribution in [0.2, 0.25) is 10.0 Å². The van der Waals surface area contributed by atoms with E-state index >= 15 is 0 Å². The van der Waals surface area contributed by atoms with Crippen molar-refractivity contribution in [2.75, 3.05) is 25.2 Å². The highest BCUT2D eigenvalue weighted by Crippen LogP contribution is 2.42. The molecule has 0 aromatic heterocycles. The molecule has 0 fully saturated rings. The number of hydrazine groups is 1. The van der Waals surface area contributed by atoms with E-state index in [1.807, 2.05) is 53.3 Å². The average molecular weight is 459 g/mol. The summed E-state index contributed by atoms with van der Waals surface area (Å²) >= 11 is 12.6. The molecule has 6 nitrogen and oxygen atoms in total. The summed E-state index contributed by atoms with van der Waals surface area (Å²) in [4.78, 5) is 13.1. The van der Waals surface area contributed by atoms with Crippen LogP contribution >= 0.6 is 23.2 Å². The monoisotopic (exact) mass is 458 g/mol. The van der Waals surface area contributed by atoms with Gasteiger partial charge in [-0.15, -0.1) is 0 Å². The molecule has 0 saturated carbocycles. The van der Waals surface area contributed by atoms with Crippen LogP contribution < -0.4 is 15.2 Å². The number of hydrazone groups is 1. The number of anilines is 1. The summed E-state index contributed by atoms with van der Waals surface area (Å²) in [5.41, 5.74) is 5.15. The van der Waals surface area contributed by atoms with Gasteiger partial charge in [0.15, 0.2) is 0 Å². The number of carbonyl (C=O) groups is 1. The Morgan fingerprint density at radius 1 is 1.16 bits per heavy atom. The van der Waals surface area contributed by atoms with Crippen molar-refractivity contribution >= 4 is 40.5 Å². The second-order valence-electron chi connectivity index (χ2n) is 7.58. The van der Waals surface area contributed by atoms with E-state index in [0.29, 0.717) is 28.0 Å². The van der Waals surface area contributed by atoms with Gasteiger partial charge in [-0.05, 0) is 42.3 Å². The summed E-state index contributed by atoms with van der Waals surface area (Å²) in [5.74, 6) is 0.400. The van der Waals surface area contributed by atoms with Gasteiger partial charge in [0.25, 0.3) is 5.91 Å². The molecule has 2 aliphatic heterocycles. The van der Waals surface area contributed by atoms with E-state index in [1.54, 1.807) is 19.2 Å². The lowest BCUT2D eigenvalue weighted by atomic mass is 9.91. The van der Waals surface area contributed by atoms with Crippen LogP contribution in [0.5, 0.6) is 5.75 Å². The van der Waals surface area contributed by atoms with E-state index in [4.69, 9.17) is 33.0 Å². The first-order valence-corrected chi connectivity index (χ1v) is 10.9. The molecule has 0 aliphatic carbocycles. The Morgan fingerprint density at radius 3 is 2.58 bits per heavy atom. The first-order chi connectivity index (χ1) is 15.0. The normalized spacial score (nSPS) is 21.2. The van der Waals surface area contributed by atoms with Crippen molar-refractivity contribution in [3.63, 3.8) is 0 Å². The van der Waals surface area contributed by atoms with Gasteiger partial charge in [0.2, 0.25) is 0 Å². The first-order valence-electron chi connectivity index (χ1n) is 10.2. The molecule has 0 bridgehead atoms. The molecule has 31 heavy (non-hydrogen) atoms. The number of halogens is 2. The summed E-state index contributed by atoms with van der Waals surface area (Å²) in [6.07, 6.45) is 5.06. The zero-order valence-electron chi connectivity index (χ0n) is 17.4. The van der Waals surface area contributed by atoms with Gasteiger partial charge in [-0.1, -0.05) is 54.4 Å². The maximum atomic E-state index is 13.1. The average Bonchev–Trinajstić information content (AvgIpc) is 3.11. The van der Waals surface area contributed by atoms with Crippen molar-refractivity contribution in [2.24, 2.45) is 11.0 Å². The van der Waals surface area contributed by atoms with E-state index in [-0.39, 0.29) is 17.9 Å². The Morgan fingerprint density at radius 2 is 1.94 bits per heavy atom. The van der Waals surface area contributed by atoms with Crippen molar-refractivity contribution in [3.05, 3.63) is 70.2 Å². The second-order valence-corrected chi connectivity index (χ2v) is 8.42. The second kappa shape index (κ2) is 9.30. The molecule has 2 aromatic carbocycles.